The van der Waals surface area contributed by atoms with Crippen LogP contribution >= 0.6 is 0 Å². The molecule has 0 saturated carbocycles. The molecular weight excluding hydrogens is 292 g/mol. The van der Waals surface area contributed by atoms with Crippen LogP contribution in [0.5, 0.6) is 0 Å². The lowest BCUT2D eigenvalue weighted by atomic mass is 9.93. The Bertz CT molecular complexity index is 379. The summed E-state index contributed by atoms with van der Waals surface area (Å²) >= 11 is 0. The summed E-state index contributed by atoms with van der Waals surface area (Å²) in [4.78, 5) is 11.6. The summed E-state index contributed by atoms with van der Waals surface area (Å²) < 4.78 is 12.0. The van der Waals surface area contributed by atoms with Crippen LogP contribution < -0.4 is 0 Å². The Morgan fingerprint density at radius 1 is 1.23 bits per heavy atom. The van der Waals surface area contributed by atoms with E-state index in [4.69, 9.17) is 9.16 Å². The fourth-order valence-corrected chi connectivity index (χ4v) is 9.69. The summed E-state index contributed by atoms with van der Waals surface area (Å²) in [6.45, 7) is 20.4. The molecule has 1 heterocycles. The molecule has 1 rings (SSSR count). The van der Waals surface area contributed by atoms with E-state index >= 15 is 0 Å². The third kappa shape index (κ3) is 4.02. The third-order valence-corrected chi connectivity index (χ3v) is 11.3. The van der Waals surface area contributed by atoms with Gasteiger partial charge in [-0.2, -0.15) is 0 Å². The lowest BCUT2D eigenvalue weighted by Gasteiger charge is -2.42. The lowest BCUT2D eigenvalue weighted by Crippen LogP contribution is -2.48. The summed E-state index contributed by atoms with van der Waals surface area (Å²) in [7, 11) is -1.83. The van der Waals surface area contributed by atoms with Crippen LogP contribution in [-0.2, 0) is 14.0 Å². The van der Waals surface area contributed by atoms with E-state index in [2.05, 4.69) is 48.1 Å². The van der Waals surface area contributed by atoms with Crippen molar-refractivity contribution in [1.82, 2.24) is 0 Å². The molecule has 22 heavy (non-hydrogen) atoms. The molecule has 2 atom stereocenters. The molecule has 1 aliphatic rings. The number of cyclic esters (lactones) is 1. The third-order valence-electron chi connectivity index (χ3n) is 5.21. The van der Waals surface area contributed by atoms with Gasteiger partial charge in [0, 0.05) is 18.9 Å². The highest BCUT2D eigenvalue weighted by molar-refractivity contribution is 6.77. The average molecular weight is 327 g/mol. The Morgan fingerprint density at radius 2 is 1.73 bits per heavy atom. The highest BCUT2D eigenvalue weighted by atomic mass is 28.4. The van der Waals surface area contributed by atoms with Crippen molar-refractivity contribution in [1.29, 1.82) is 0 Å². The Labute approximate surface area is 137 Å². The Hall–Kier alpha value is -0.613. The van der Waals surface area contributed by atoms with Crippen LogP contribution in [0.15, 0.2) is 12.2 Å². The molecule has 0 N–H and O–H groups in total. The quantitative estimate of drug-likeness (QED) is 0.354. The molecular formula is C18H34O3Si. The van der Waals surface area contributed by atoms with Crippen molar-refractivity contribution in [2.75, 3.05) is 6.61 Å². The van der Waals surface area contributed by atoms with Gasteiger partial charge in [-0.3, -0.25) is 4.79 Å². The van der Waals surface area contributed by atoms with Gasteiger partial charge in [0.25, 0.3) is 0 Å². The normalized spacial score (nSPS) is 22.7. The van der Waals surface area contributed by atoms with E-state index < -0.39 is 8.32 Å². The van der Waals surface area contributed by atoms with Crippen molar-refractivity contribution < 1.29 is 14.0 Å². The van der Waals surface area contributed by atoms with Gasteiger partial charge >= 0.3 is 5.97 Å². The van der Waals surface area contributed by atoms with Gasteiger partial charge in [-0.25, -0.2) is 0 Å². The summed E-state index contributed by atoms with van der Waals surface area (Å²) in [5.41, 5.74) is 2.78. The molecule has 0 bridgehead atoms. The fourth-order valence-electron chi connectivity index (χ4n) is 4.21. The smallest absolute Gasteiger partial charge is 0.306 e. The van der Waals surface area contributed by atoms with Gasteiger partial charge in [0.05, 0.1) is 6.42 Å². The van der Waals surface area contributed by atoms with Crippen LogP contribution in [-0.4, -0.2) is 27.0 Å². The minimum atomic E-state index is -1.83. The number of carbonyl (C=O) groups excluding carboxylic acids is 1. The molecule has 3 nitrogen and oxygen atoms in total. The summed E-state index contributed by atoms with van der Waals surface area (Å²) in [5.74, 6) is 0.0578. The molecule has 0 aromatic carbocycles. The van der Waals surface area contributed by atoms with Crippen LogP contribution in [0, 0.1) is 5.92 Å². The number of hydrogen-bond acceptors (Lipinski definition) is 3. The van der Waals surface area contributed by atoms with Crippen LogP contribution in [0.25, 0.3) is 0 Å². The number of carbonyl (C=O) groups is 1. The van der Waals surface area contributed by atoms with E-state index in [1.54, 1.807) is 0 Å². The van der Waals surface area contributed by atoms with Gasteiger partial charge in [0.15, 0.2) is 8.32 Å². The SMILES string of the molecule is C=C(C)[C@H]1CC(=O)O[C@@H]1CCO[Si](C(C)C)(C(C)C)C(C)C. The molecule has 0 spiro atoms. The van der Waals surface area contributed by atoms with Crippen molar-refractivity contribution >= 4 is 14.3 Å². The van der Waals surface area contributed by atoms with Crippen LogP contribution in [0.2, 0.25) is 16.6 Å². The molecule has 0 radical (unpaired) electrons. The molecule has 1 saturated heterocycles. The monoisotopic (exact) mass is 326 g/mol. The zero-order valence-corrected chi connectivity index (χ0v) is 16.4. The number of hydrogen-bond donors (Lipinski definition) is 0. The van der Waals surface area contributed by atoms with Crippen molar-refractivity contribution in [2.24, 2.45) is 5.92 Å². The molecule has 0 aliphatic carbocycles. The van der Waals surface area contributed by atoms with Gasteiger partial charge in [-0.15, -0.1) is 0 Å². The molecule has 1 fully saturated rings. The predicted octanol–water partition coefficient (Wildman–Crippen LogP) is 5.08. The second kappa shape index (κ2) is 7.78. The highest BCUT2D eigenvalue weighted by Gasteiger charge is 2.45. The first kappa shape index (κ1) is 19.4. The molecule has 0 aromatic rings. The van der Waals surface area contributed by atoms with Crippen molar-refractivity contribution in [3.63, 3.8) is 0 Å². The van der Waals surface area contributed by atoms with Crippen LogP contribution in [0.1, 0.15) is 61.3 Å². The summed E-state index contributed by atoms with van der Waals surface area (Å²) in [5, 5.41) is 0. The molecule has 0 aromatic heterocycles. The predicted molar refractivity (Wildman–Crippen MR) is 94.4 cm³/mol. The Balaban J connectivity index is 2.70. The minimum Gasteiger partial charge on any atom is -0.462 e. The summed E-state index contributed by atoms with van der Waals surface area (Å²) in [6, 6.07) is 0. The van der Waals surface area contributed by atoms with Gasteiger partial charge < -0.3 is 9.16 Å². The maximum Gasteiger partial charge on any atom is 0.306 e. The Morgan fingerprint density at radius 3 is 2.14 bits per heavy atom. The standard InChI is InChI=1S/C18H34O3Si/c1-12(2)16-11-18(19)21-17(16)9-10-20-22(13(3)4,14(5)6)15(7)8/h13-17H,1,9-11H2,2-8H3/t16-,17-/m1/s1. The van der Waals surface area contributed by atoms with Gasteiger partial charge in [0.2, 0.25) is 0 Å². The maximum atomic E-state index is 11.6. The zero-order valence-electron chi connectivity index (χ0n) is 15.4. The highest BCUT2D eigenvalue weighted by Crippen LogP contribution is 2.42. The number of rotatable bonds is 8. The largest absolute Gasteiger partial charge is 0.462 e. The number of ether oxygens (including phenoxy) is 1. The topological polar surface area (TPSA) is 35.5 Å². The van der Waals surface area contributed by atoms with Gasteiger partial charge in [-0.05, 0) is 23.5 Å². The first-order valence-electron chi connectivity index (χ1n) is 8.61. The molecule has 128 valence electrons. The van der Waals surface area contributed by atoms with Crippen LogP contribution in [0.4, 0.5) is 0 Å². The second-order valence-electron chi connectivity index (χ2n) is 7.64. The van der Waals surface area contributed by atoms with Crippen molar-refractivity contribution in [3.8, 4) is 0 Å². The molecule has 4 heteroatoms. The maximum absolute atomic E-state index is 11.6. The number of esters is 1. The van der Waals surface area contributed by atoms with Gasteiger partial charge in [-0.1, -0.05) is 53.7 Å². The average Bonchev–Trinajstić information content (AvgIpc) is 2.74. The Kier molecular flexibility index (Phi) is 6.87. The van der Waals surface area contributed by atoms with Crippen molar-refractivity contribution in [2.45, 2.75) is 84.0 Å². The van der Waals surface area contributed by atoms with E-state index in [1.807, 2.05) is 6.92 Å². The van der Waals surface area contributed by atoms with E-state index in [0.29, 0.717) is 29.7 Å². The van der Waals surface area contributed by atoms with Gasteiger partial charge in [0.1, 0.15) is 6.10 Å². The fraction of sp³-hybridized carbons (Fsp3) is 0.833. The van der Waals surface area contributed by atoms with Crippen LogP contribution in [0.3, 0.4) is 0 Å². The van der Waals surface area contributed by atoms with E-state index in [-0.39, 0.29) is 18.0 Å². The first-order valence-corrected chi connectivity index (χ1v) is 10.8. The van der Waals surface area contributed by atoms with E-state index in [1.165, 1.54) is 0 Å². The minimum absolute atomic E-state index is 0.0526. The lowest BCUT2D eigenvalue weighted by molar-refractivity contribution is -0.141. The molecule has 0 amide bonds. The molecule has 0 unspecified atom stereocenters. The zero-order chi connectivity index (χ0) is 17.1. The van der Waals surface area contributed by atoms with Crippen molar-refractivity contribution in [3.05, 3.63) is 12.2 Å². The summed E-state index contributed by atoms with van der Waals surface area (Å²) in [6.07, 6.45) is 1.20. The first-order chi connectivity index (χ1) is 10.1. The molecule has 1 aliphatic heterocycles. The van der Waals surface area contributed by atoms with E-state index in [9.17, 15) is 4.79 Å². The van der Waals surface area contributed by atoms with E-state index in [0.717, 1.165) is 12.0 Å². The second-order valence-corrected chi connectivity index (χ2v) is 13.1.